The number of carbonyl (C=O) groups is 4. The predicted molar refractivity (Wildman–Crippen MR) is 217 cm³/mol. The molecule has 16 heteroatoms. The van der Waals surface area contributed by atoms with Crippen LogP contribution >= 0.6 is 0 Å². The van der Waals surface area contributed by atoms with E-state index in [2.05, 4.69) is 49.9 Å². The molecule has 3 aliphatic heterocycles. The number of imidazole rings is 2. The molecule has 0 aliphatic carbocycles. The normalized spacial score (nSPS) is 19.9. The van der Waals surface area contributed by atoms with Gasteiger partial charge in [-0.3, -0.25) is 9.59 Å². The van der Waals surface area contributed by atoms with Gasteiger partial charge in [-0.05, 0) is 53.4 Å². The molecule has 4 N–H and O–H groups in total. The van der Waals surface area contributed by atoms with E-state index in [-0.39, 0.29) is 36.2 Å². The first-order chi connectivity index (χ1) is 28.4. The Bertz CT molecular complexity index is 2110. The summed E-state index contributed by atoms with van der Waals surface area (Å²) in [4.78, 5) is 71.5. The van der Waals surface area contributed by atoms with Gasteiger partial charge in [0.25, 0.3) is 0 Å². The van der Waals surface area contributed by atoms with Crippen molar-refractivity contribution in [3.8, 4) is 33.6 Å². The molecule has 314 valence electrons. The molecule has 3 saturated heterocycles. The Balaban J connectivity index is 1.04. The molecule has 7 rings (SSSR count). The van der Waals surface area contributed by atoms with Gasteiger partial charge in [0.2, 0.25) is 11.8 Å². The monoisotopic (exact) mass is 810 g/mol. The second-order valence-electron chi connectivity index (χ2n) is 16.1. The molecule has 4 amide bonds. The van der Waals surface area contributed by atoms with Crippen molar-refractivity contribution in [2.45, 2.75) is 83.3 Å². The zero-order valence-corrected chi connectivity index (χ0v) is 34.4. The number of amides is 4. The molecule has 5 heterocycles. The zero-order chi connectivity index (χ0) is 41.8. The molecule has 2 aromatic carbocycles. The lowest BCUT2D eigenvalue weighted by atomic mass is 10.0. The van der Waals surface area contributed by atoms with E-state index in [0.717, 1.165) is 52.9 Å². The van der Waals surface area contributed by atoms with E-state index in [1.165, 1.54) is 14.2 Å². The van der Waals surface area contributed by atoms with Gasteiger partial charge < -0.3 is 49.3 Å². The summed E-state index contributed by atoms with van der Waals surface area (Å²) in [5.41, 5.74) is 5.60. The lowest BCUT2D eigenvalue weighted by molar-refractivity contribution is -0.257. The van der Waals surface area contributed by atoms with E-state index in [4.69, 9.17) is 23.9 Å². The highest BCUT2D eigenvalue weighted by molar-refractivity contribution is 5.87. The fraction of sp³-hybridized carbons (Fsp3) is 0.488. The first-order valence-electron chi connectivity index (χ1n) is 20.3. The molecule has 16 nitrogen and oxygen atoms in total. The largest absolute Gasteiger partial charge is 0.453 e. The van der Waals surface area contributed by atoms with E-state index in [0.29, 0.717) is 37.8 Å². The Morgan fingerprint density at radius 3 is 1.63 bits per heavy atom. The van der Waals surface area contributed by atoms with Crippen LogP contribution in [0.4, 0.5) is 9.59 Å². The number of hydrogen-bond donors (Lipinski definition) is 4. The van der Waals surface area contributed by atoms with Crippen LogP contribution in [0, 0.1) is 11.8 Å². The van der Waals surface area contributed by atoms with Crippen LogP contribution < -0.4 is 10.6 Å². The fourth-order valence-corrected chi connectivity index (χ4v) is 8.20. The van der Waals surface area contributed by atoms with Crippen molar-refractivity contribution in [2.75, 3.05) is 40.5 Å². The maximum atomic E-state index is 14.0. The molecule has 3 fully saturated rings. The molecule has 0 saturated carbocycles. The minimum absolute atomic E-state index is 0.113. The van der Waals surface area contributed by atoms with Crippen molar-refractivity contribution in [1.29, 1.82) is 0 Å². The van der Waals surface area contributed by atoms with Crippen LogP contribution in [-0.2, 0) is 28.5 Å². The summed E-state index contributed by atoms with van der Waals surface area (Å²) in [6.07, 6.45) is 5.05. The summed E-state index contributed by atoms with van der Waals surface area (Å²) in [5, 5.41) is 5.39. The first kappa shape index (κ1) is 41.4. The Hall–Kier alpha value is -5.74. The number of aromatic nitrogens is 4. The Morgan fingerprint density at radius 2 is 1.15 bits per heavy atom. The summed E-state index contributed by atoms with van der Waals surface area (Å²) >= 11 is 0. The predicted octanol–water partition coefficient (Wildman–Crippen LogP) is 5.97. The molecule has 2 aromatic heterocycles. The lowest BCUT2D eigenvalue weighted by Gasteiger charge is -2.34. The third-order valence-electron chi connectivity index (χ3n) is 11.5. The Morgan fingerprint density at radius 1 is 0.695 bits per heavy atom. The minimum Gasteiger partial charge on any atom is -0.453 e. The topological polar surface area (TPSA) is 193 Å². The number of rotatable bonds is 11. The van der Waals surface area contributed by atoms with Crippen LogP contribution in [0.1, 0.15) is 77.1 Å². The van der Waals surface area contributed by atoms with E-state index >= 15 is 0 Å². The van der Waals surface area contributed by atoms with Gasteiger partial charge in [0.05, 0.1) is 69.8 Å². The maximum Gasteiger partial charge on any atom is 0.407 e. The molecular formula is C43H54N8O8. The van der Waals surface area contributed by atoms with Crippen LogP contribution in [-0.4, -0.2) is 112 Å². The van der Waals surface area contributed by atoms with Gasteiger partial charge in [-0.2, -0.15) is 0 Å². The number of nitrogens with one attached hydrogen (secondary N) is 4. The van der Waals surface area contributed by atoms with Gasteiger partial charge in [0, 0.05) is 13.0 Å². The number of ether oxygens (including phenoxy) is 4. The summed E-state index contributed by atoms with van der Waals surface area (Å²) < 4.78 is 21.8. The van der Waals surface area contributed by atoms with Gasteiger partial charge in [-0.1, -0.05) is 76.2 Å². The van der Waals surface area contributed by atoms with Crippen molar-refractivity contribution in [3.63, 3.8) is 0 Å². The molecule has 59 heavy (non-hydrogen) atoms. The number of hydrogen-bond acceptors (Lipinski definition) is 10. The van der Waals surface area contributed by atoms with Gasteiger partial charge in [-0.15, -0.1) is 0 Å². The SMILES string of the molecule is COC(=O)N[C@H](C(=O)N1CCC[C@H]1c1ncc(-c2ccc(-c3ccc(-c4cnc([C@@H]5CC6(CN5C(=O)[C@@H](NC(=O)OC)C(C)C)OCCCO6)[nH]4)cc3)cc2)[nH]1)C(C)C. The molecule has 4 aromatic rings. The second kappa shape index (κ2) is 17.6. The molecular weight excluding hydrogens is 757 g/mol. The highest BCUT2D eigenvalue weighted by Gasteiger charge is 2.52. The molecule has 0 radical (unpaired) electrons. The summed E-state index contributed by atoms with van der Waals surface area (Å²) in [6, 6.07) is 14.2. The van der Waals surface area contributed by atoms with E-state index in [1.807, 2.05) is 52.0 Å². The molecule has 0 bridgehead atoms. The summed E-state index contributed by atoms with van der Waals surface area (Å²) in [7, 11) is 2.56. The van der Waals surface area contributed by atoms with Crippen molar-refractivity contribution < 1.29 is 38.1 Å². The van der Waals surface area contributed by atoms with Gasteiger partial charge in [0.1, 0.15) is 23.7 Å². The quantitative estimate of drug-likeness (QED) is 0.140. The van der Waals surface area contributed by atoms with Crippen molar-refractivity contribution in [3.05, 3.63) is 72.6 Å². The number of carbonyl (C=O) groups excluding carboxylic acids is 4. The van der Waals surface area contributed by atoms with Crippen LogP contribution in [0.3, 0.4) is 0 Å². The first-order valence-corrected chi connectivity index (χ1v) is 20.3. The molecule has 1 spiro atoms. The van der Waals surface area contributed by atoms with E-state index in [1.54, 1.807) is 22.2 Å². The average Bonchev–Trinajstić information content (AvgIpc) is 4.08. The zero-order valence-electron chi connectivity index (χ0n) is 34.4. The fourth-order valence-electron chi connectivity index (χ4n) is 8.20. The number of methoxy groups -OCH3 is 2. The van der Waals surface area contributed by atoms with Crippen LogP contribution in [0.25, 0.3) is 33.6 Å². The molecule has 4 atom stereocenters. The van der Waals surface area contributed by atoms with Crippen LogP contribution in [0.5, 0.6) is 0 Å². The Labute approximate surface area is 343 Å². The number of nitrogens with zero attached hydrogens (tertiary/aromatic N) is 4. The number of benzene rings is 2. The third-order valence-corrected chi connectivity index (χ3v) is 11.5. The lowest BCUT2D eigenvalue weighted by Crippen LogP contribution is -2.52. The number of alkyl carbamates (subject to hydrolysis) is 2. The summed E-state index contributed by atoms with van der Waals surface area (Å²) in [5.74, 6) is -0.343. The average molecular weight is 811 g/mol. The number of H-pyrrole nitrogens is 2. The van der Waals surface area contributed by atoms with Gasteiger partial charge in [-0.25, -0.2) is 19.6 Å². The van der Waals surface area contributed by atoms with E-state index in [9.17, 15) is 19.2 Å². The van der Waals surface area contributed by atoms with Crippen molar-refractivity contribution >= 4 is 24.0 Å². The van der Waals surface area contributed by atoms with Gasteiger partial charge >= 0.3 is 12.2 Å². The second-order valence-corrected chi connectivity index (χ2v) is 16.1. The smallest absolute Gasteiger partial charge is 0.407 e. The third kappa shape index (κ3) is 8.83. The highest BCUT2D eigenvalue weighted by atomic mass is 16.7. The highest BCUT2D eigenvalue weighted by Crippen LogP contribution is 2.42. The Kier molecular flexibility index (Phi) is 12.4. The number of aromatic amines is 2. The number of likely N-dealkylation sites (tertiary alicyclic amines) is 2. The minimum atomic E-state index is -0.949. The van der Waals surface area contributed by atoms with Gasteiger partial charge in [0.15, 0.2) is 5.79 Å². The molecule has 0 unspecified atom stereocenters. The summed E-state index contributed by atoms with van der Waals surface area (Å²) in [6.45, 7) is 9.41. The van der Waals surface area contributed by atoms with Crippen molar-refractivity contribution in [2.24, 2.45) is 11.8 Å². The maximum absolute atomic E-state index is 14.0. The van der Waals surface area contributed by atoms with Crippen LogP contribution in [0.15, 0.2) is 60.9 Å². The van der Waals surface area contributed by atoms with Crippen molar-refractivity contribution in [1.82, 2.24) is 40.4 Å². The van der Waals surface area contributed by atoms with E-state index < -0.39 is 36.1 Å². The van der Waals surface area contributed by atoms with Crippen LogP contribution in [0.2, 0.25) is 0 Å². The molecule has 3 aliphatic rings. The standard InChI is InChI=1S/C43H54N8O8/c1-25(2)35(48-41(54)56-5)39(52)50-18-7-9-33(50)37-44-22-31(46-37)29-14-10-27(11-15-29)28-12-16-30(17-13-28)32-23-45-38(47-32)34-21-43(58-19-8-20-59-43)24-51(34)40(53)36(26(3)4)49-42(55)57-6/h10-17,22-23,25-26,33-36H,7-9,18-21,24H2,1-6H3,(H,44,46)(H,45,47)(H,48,54)(H,49,55)/t33-,34-,35-,36-/m0/s1.